The van der Waals surface area contributed by atoms with Crippen molar-refractivity contribution in [2.45, 2.75) is 26.4 Å². The van der Waals surface area contributed by atoms with Crippen LogP contribution in [0, 0.1) is 17.2 Å². The van der Waals surface area contributed by atoms with Gasteiger partial charge in [0.25, 0.3) is 0 Å². The predicted molar refractivity (Wildman–Crippen MR) is 52.5 cm³/mol. The van der Waals surface area contributed by atoms with Gasteiger partial charge in [-0.25, -0.2) is 0 Å². The topological polar surface area (TPSA) is 36.7 Å². The molecule has 0 unspecified atom stereocenters. The van der Waals surface area contributed by atoms with Crippen molar-refractivity contribution in [2.24, 2.45) is 5.92 Å². The average Bonchev–Trinajstić information content (AvgIpc) is 2.15. The summed E-state index contributed by atoms with van der Waals surface area (Å²) >= 11 is 0. The summed E-state index contributed by atoms with van der Waals surface area (Å²) in [7, 11) is 0. The average molecular weight is 228 g/mol. The zero-order chi connectivity index (χ0) is 12.3. The molecule has 5 heteroatoms. The fraction of sp³-hybridized carbons (Fsp3) is 0.455. The highest BCUT2D eigenvalue weighted by atomic mass is 19.4. The molecule has 1 aromatic rings. The Morgan fingerprint density at radius 1 is 1.44 bits per heavy atom. The first-order valence-corrected chi connectivity index (χ1v) is 4.80. The zero-order valence-corrected chi connectivity index (χ0v) is 8.97. The van der Waals surface area contributed by atoms with Gasteiger partial charge in [-0.2, -0.15) is 18.4 Å². The Kier molecular flexibility index (Phi) is 3.53. The standard InChI is InChI=1S/C11H11F3N2/c1-7(2)3-8-4-10(11(12,13)14)16-6-9(8)5-15/h4,6-7H,3H2,1-2H3. The van der Waals surface area contributed by atoms with Crippen LogP contribution < -0.4 is 0 Å². The van der Waals surface area contributed by atoms with Gasteiger partial charge in [-0.15, -0.1) is 0 Å². The van der Waals surface area contributed by atoms with Crippen LogP contribution in [0.4, 0.5) is 13.2 Å². The molecular formula is C11H11F3N2. The lowest BCUT2D eigenvalue weighted by molar-refractivity contribution is -0.141. The summed E-state index contributed by atoms with van der Waals surface area (Å²) in [5.74, 6) is 0.190. The molecule has 16 heavy (non-hydrogen) atoms. The highest BCUT2D eigenvalue weighted by Gasteiger charge is 2.33. The molecule has 0 fully saturated rings. The first-order chi connectivity index (χ1) is 7.34. The molecule has 1 heterocycles. The SMILES string of the molecule is CC(C)Cc1cc(C(F)(F)F)ncc1C#N. The summed E-state index contributed by atoms with van der Waals surface area (Å²) in [5.41, 5.74) is -0.330. The van der Waals surface area contributed by atoms with Crippen LogP contribution in [0.25, 0.3) is 0 Å². The molecule has 0 N–H and O–H groups in total. The van der Waals surface area contributed by atoms with Crippen molar-refractivity contribution in [3.8, 4) is 6.07 Å². The van der Waals surface area contributed by atoms with Gasteiger partial charge in [-0.1, -0.05) is 13.8 Å². The first kappa shape index (κ1) is 12.5. The number of nitriles is 1. The van der Waals surface area contributed by atoms with Crippen LogP contribution in [0.5, 0.6) is 0 Å². The number of hydrogen-bond donors (Lipinski definition) is 0. The number of alkyl halides is 3. The van der Waals surface area contributed by atoms with E-state index in [0.29, 0.717) is 12.0 Å². The number of pyridine rings is 1. The van der Waals surface area contributed by atoms with Crippen LogP contribution in [0.2, 0.25) is 0 Å². The zero-order valence-electron chi connectivity index (χ0n) is 8.97. The van der Waals surface area contributed by atoms with Gasteiger partial charge in [0.05, 0.1) is 5.56 Å². The van der Waals surface area contributed by atoms with Crippen molar-refractivity contribution in [1.29, 1.82) is 5.26 Å². The van der Waals surface area contributed by atoms with Gasteiger partial charge in [0.1, 0.15) is 11.8 Å². The summed E-state index contributed by atoms with van der Waals surface area (Å²) in [5, 5.41) is 8.75. The van der Waals surface area contributed by atoms with E-state index in [1.807, 2.05) is 19.9 Å². The molecule has 86 valence electrons. The molecule has 0 spiro atoms. The fourth-order valence-electron chi connectivity index (χ4n) is 1.36. The van der Waals surface area contributed by atoms with E-state index in [9.17, 15) is 13.2 Å². The Balaban J connectivity index is 3.18. The van der Waals surface area contributed by atoms with Crippen LogP contribution in [0.1, 0.15) is 30.7 Å². The number of halogens is 3. The van der Waals surface area contributed by atoms with Gasteiger partial charge in [-0.05, 0) is 24.0 Å². The molecule has 0 bridgehead atoms. The van der Waals surface area contributed by atoms with Gasteiger partial charge in [0.2, 0.25) is 0 Å². The highest BCUT2D eigenvalue weighted by molar-refractivity contribution is 5.37. The second-order valence-corrected chi connectivity index (χ2v) is 3.93. The largest absolute Gasteiger partial charge is 0.433 e. The third-order valence-electron chi connectivity index (χ3n) is 2.03. The molecule has 0 radical (unpaired) electrons. The Bertz CT molecular complexity index is 416. The van der Waals surface area contributed by atoms with Gasteiger partial charge in [-0.3, -0.25) is 4.98 Å². The van der Waals surface area contributed by atoms with Gasteiger partial charge in [0, 0.05) is 6.20 Å². The van der Waals surface area contributed by atoms with Gasteiger partial charge in [0.15, 0.2) is 0 Å². The minimum absolute atomic E-state index is 0.190. The van der Waals surface area contributed by atoms with Crippen molar-refractivity contribution < 1.29 is 13.2 Å². The first-order valence-electron chi connectivity index (χ1n) is 4.80. The van der Waals surface area contributed by atoms with Crippen molar-refractivity contribution >= 4 is 0 Å². The van der Waals surface area contributed by atoms with Crippen molar-refractivity contribution in [3.63, 3.8) is 0 Å². The quantitative estimate of drug-likeness (QED) is 0.779. The van der Waals surface area contributed by atoms with Gasteiger partial charge < -0.3 is 0 Å². The lowest BCUT2D eigenvalue weighted by Crippen LogP contribution is -2.10. The van der Waals surface area contributed by atoms with E-state index >= 15 is 0 Å². The highest BCUT2D eigenvalue weighted by Crippen LogP contribution is 2.29. The number of nitrogens with zero attached hydrogens (tertiary/aromatic N) is 2. The lowest BCUT2D eigenvalue weighted by Gasteiger charge is -2.10. The van der Waals surface area contributed by atoms with E-state index < -0.39 is 11.9 Å². The molecule has 1 rings (SSSR count). The van der Waals surface area contributed by atoms with Crippen LogP contribution >= 0.6 is 0 Å². The Morgan fingerprint density at radius 2 is 2.06 bits per heavy atom. The summed E-state index contributed by atoms with van der Waals surface area (Å²) in [4.78, 5) is 3.24. The minimum Gasteiger partial charge on any atom is -0.250 e. The lowest BCUT2D eigenvalue weighted by atomic mass is 9.99. The molecule has 0 saturated carbocycles. The van der Waals surface area contributed by atoms with E-state index in [1.165, 1.54) is 0 Å². The van der Waals surface area contributed by atoms with E-state index in [0.717, 1.165) is 12.3 Å². The maximum Gasteiger partial charge on any atom is 0.433 e. The van der Waals surface area contributed by atoms with Crippen molar-refractivity contribution in [1.82, 2.24) is 4.98 Å². The molecule has 1 aromatic heterocycles. The molecular weight excluding hydrogens is 217 g/mol. The Labute approximate surface area is 91.7 Å². The number of aromatic nitrogens is 1. The normalized spacial score (nSPS) is 11.6. The molecule has 0 aromatic carbocycles. The summed E-state index contributed by atoms with van der Waals surface area (Å²) in [6.07, 6.45) is -3.03. The maximum absolute atomic E-state index is 12.4. The molecule has 0 amide bonds. The van der Waals surface area contributed by atoms with E-state index in [-0.39, 0.29) is 11.5 Å². The van der Waals surface area contributed by atoms with Crippen LogP contribution in [0.15, 0.2) is 12.3 Å². The second-order valence-electron chi connectivity index (χ2n) is 3.93. The van der Waals surface area contributed by atoms with Crippen molar-refractivity contribution in [2.75, 3.05) is 0 Å². The monoisotopic (exact) mass is 228 g/mol. The van der Waals surface area contributed by atoms with E-state index in [2.05, 4.69) is 4.98 Å². The Morgan fingerprint density at radius 3 is 2.50 bits per heavy atom. The third-order valence-corrected chi connectivity index (χ3v) is 2.03. The molecule has 0 atom stereocenters. The fourth-order valence-corrected chi connectivity index (χ4v) is 1.36. The van der Waals surface area contributed by atoms with Crippen LogP contribution in [-0.2, 0) is 12.6 Å². The van der Waals surface area contributed by atoms with Crippen LogP contribution in [0.3, 0.4) is 0 Å². The maximum atomic E-state index is 12.4. The van der Waals surface area contributed by atoms with E-state index in [4.69, 9.17) is 5.26 Å². The van der Waals surface area contributed by atoms with E-state index in [1.54, 1.807) is 0 Å². The minimum atomic E-state index is -4.46. The number of hydrogen-bond acceptors (Lipinski definition) is 2. The smallest absolute Gasteiger partial charge is 0.250 e. The summed E-state index contributed by atoms with van der Waals surface area (Å²) < 4.78 is 37.2. The predicted octanol–water partition coefficient (Wildman–Crippen LogP) is 3.17. The molecule has 0 aliphatic rings. The number of rotatable bonds is 2. The third kappa shape index (κ3) is 2.96. The second kappa shape index (κ2) is 4.52. The van der Waals surface area contributed by atoms with Crippen molar-refractivity contribution in [3.05, 3.63) is 29.1 Å². The molecule has 0 aliphatic carbocycles. The molecule has 0 saturated heterocycles. The van der Waals surface area contributed by atoms with Crippen LogP contribution in [-0.4, -0.2) is 4.98 Å². The summed E-state index contributed by atoms with van der Waals surface area (Å²) in [6, 6.07) is 2.81. The molecule has 0 aliphatic heterocycles. The van der Waals surface area contributed by atoms with Gasteiger partial charge >= 0.3 is 6.18 Å². The Hall–Kier alpha value is -1.57. The summed E-state index contributed by atoms with van der Waals surface area (Å²) in [6.45, 7) is 3.77. The molecule has 2 nitrogen and oxygen atoms in total.